The summed E-state index contributed by atoms with van der Waals surface area (Å²) >= 11 is 5.92. The molecule has 0 bridgehead atoms. The summed E-state index contributed by atoms with van der Waals surface area (Å²) in [5.41, 5.74) is 1.32. The molecule has 1 unspecified atom stereocenters. The first kappa shape index (κ1) is 14.7. The predicted molar refractivity (Wildman–Crippen MR) is 82.6 cm³/mol. The molecule has 2 aliphatic rings. The molecule has 2 fully saturated rings. The van der Waals surface area contributed by atoms with Crippen LogP contribution in [-0.2, 0) is 5.41 Å². The molecule has 0 radical (unpaired) electrons. The van der Waals surface area contributed by atoms with Crippen molar-refractivity contribution in [1.29, 1.82) is 0 Å². The molecule has 1 saturated heterocycles. The summed E-state index contributed by atoms with van der Waals surface area (Å²) in [4.78, 5) is 13.9. The molecule has 1 heterocycles. The van der Waals surface area contributed by atoms with Crippen LogP contribution in [0.4, 0.5) is 4.79 Å². The monoisotopic (exact) mass is 308 g/mol. The van der Waals surface area contributed by atoms with Crippen molar-refractivity contribution in [2.45, 2.75) is 37.2 Å². The fraction of sp³-hybridized carbons (Fsp3) is 0.562. The number of urea groups is 1. The fourth-order valence-electron chi connectivity index (χ4n) is 3.02. The molecule has 2 N–H and O–H groups in total. The zero-order valence-corrected chi connectivity index (χ0v) is 12.8. The number of aliphatic hydroxyl groups is 1. The van der Waals surface area contributed by atoms with Gasteiger partial charge in [0.2, 0.25) is 0 Å². The number of benzene rings is 1. The minimum absolute atomic E-state index is 0.0611. The van der Waals surface area contributed by atoms with Crippen LogP contribution in [0.1, 0.15) is 31.2 Å². The molecule has 21 heavy (non-hydrogen) atoms. The van der Waals surface area contributed by atoms with Crippen LogP contribution in [0.5, 0.6) is 0 Å². The van der Waals surface area contributed by atoms with E-state index in [9.17, 15) is 9.90 Å². The Morgan fingerprint density at radius 3 is 2.71 bits per heavy atom. The highest BCUT2D eigenvalue weighted by molar-refractivity contribution is 6.30. The average molecular weight is 309 g/mol. The van der Waals surface area contributed by atoms with E-state index in [2.05, 4.69) is 5.32 Å². The number of rotatable bonds is 3. The maximum absolute atomic E-state index is 12.2. The van der Waals surface area contributed by atoms with E-state index in [0.717, 1.165) is 37.3 Å². The number of piperidine rings is 1. The Hall–Kier alpha value is -1.26. The number of β-amino-alcohol motifs (C(OH)–C–C–N with tert-alkyl or cyclic N) is 1. The molecular formula is C16H21ClN2O2. The smallest absolute Gasteiger partial charge is 0.317 e. The number of nitrogens with zero attached hydrogens (tertiary/aromatic N) is 1. The van der Waals surface area contributed by atoms with Crippen LogP contribution in [0.3, 0.4) is 0 Å². The van der Waals surface area contributed by atoms with Gasteiger partial charge in [-0.15, -0.1) is 0 Å². The van der Waals surface area contributed by atoms with Gasteiger partial charge in [-0.1, -0.05) is 23.7 Å². The first-order valence-electron chi connectivity index (χ1n) is 7.56. The highest BCUT2D eigenvalue weighted by Crippen LogP contribution is 2.47. The van der Waals surface area contributed by atoms with E-state index in [0.29, 0.717) is 13.1 Å². The number of carbonyl (C=O) groups is 1. The lowest BCUT2D eigenvalue weighted by Crippen LogP contribution is -2.48. The number of likely N-dealkylation sites (tertiary alicyclic amines) is 1. The van der Waals surface area contributed by atoms with Gasteiger partial charge >= 0.3 is 6.03 Å². The Morgan fingerprint density at radius 2 is 2.10 bits per heavy atom. The van der Waals surface area contributed by atoms with Crippen LogP contribution in [0.15, 0.2) is 24.3 Å². The van der Waals surface area contributed by atoms with Crippen LogP contribution in [0.25, 0.3) is 0 Å². The van der Waals surface area contributed by atoms with Gasteiger partial charge in [-0.25, -0.2) is 4.79 Å². The second kappa shape index (κ2) is 5.85. The SMILES string of the molecule is O=C(NCC1(c2ccc(Cl)cc2)CC1)N1CCCC(O)C1. The number of aliphatic hydroxyl groups excluding tert-OH is 1. The molecule has 4 nitrogen and oxygen atoms in total. The molecule has 1 saturated carbocycles. The molecule has 3 rings (SSSR count). The standard InChI is InChI=1S/C16H21ClN2O2/c17-13-5-3-12(4-6-13)16(7-8-16)11-18-15(21)19-9-1-2-14(20)10-19/h3-6,14,20H,1-2,7-11H2,(H,18,21). The van der Waals surface area contributed by atoms with E-state index >= 15 is 0 Å². The molecule has 1 aromatic rings. The van der Waals surface area contributed by atoms with Crippen molar-refractivity contribution in [1.82, 2.24) is 10.2 Å². The molecule has 114 valence electrons. The largest absolute Gasteiger partial charge is 0.391 e. The van der Waals surface area contributed by atoms with Crippen molar-refractivity contribution in [3.8, 4) is 0 Å². The molecule has 0 spiro atoms. The van der Waals surface area contributed by atoms with Gasteiger partial charge in [0, 0.05) is 30.1 Å². The number of nitrogens with one attached hydrogen (secondary N) is 1. The van der Waals surface area contributed by atoms with E-state index in [-0.39, 0.29) is 17.6 Å². The van der Waals surface area contributed by atoms with Gasteiger partial charge in [-0.3, -0.25) is 0 Å². The Balaban J connectivity index is 1.57. The van der Waals surface area contributed by atoms with Crippen molar-refractivity contribution >= 4 is 17.6 Å². The molecule has 2 amide bonds. The molecule has 1 aliphatic carbocycles. The quantitative estimate of drug-likeness (QED) is 0.901. The van der Waals surface area contributed by atoms with Crippen molar-refractivity contribution < 1.29 is 9.90 Å². The average Bonchev–Trinajstić information content (AvgIpc) is 3.27. The van der Waals surface area contributed by atoms with Gasteiger partial charge in [0.1, 0.15) is 0 Å². The summed E-state index contributed by atoms with van der Waals surface area (Å²) in [5, 5.41) is 13.4. The highest BCUT2D eigenvalue weighted by atomic mass is 35.5. The summed E-state index contributed by atoms with van der Waals surface area (Å²) in [7, 11) is 0. The third-order valence-corrected chi connectivity index (χ3v) is 4.82. The lowest BCUT2D eigenvalue weighted by atomic mass is 9.96. The second-order valence-electron chi connectivity index (χ2n) is 6.19. The zero-order chi connectivity index (χ0) is 14.9. The van der Waals surface area contributed by atoms with E-state index in [4.69, 9.17) is 11.6 Å². The summed E-state index contributed by atoms with van der Waals surface area (Å²) < 4.78 is 0. The summed E-state index contributed by atoms with van der Waals surface area (Å²) in [6.45, 7) is 1.83. The molecule has 0 aromatic heterocycles. The number of carbonyl (C=O) groups excluding carboxylic acids is 1. The Kier molecular flexibility index (Phi) is 4.09. The second-order valence-corrected chi connectivity index (χ2v) is 6.62. The van der Waals surface area contributed by atoms with Crippen molar-refractivity contribution in [3.63, 3.8) is 0 Å². The van der Waals surface area contributed by atoms with Gasteiger partial charge in [0.15, 0.2) is 0 Å². The van der Waals surface area contributed by atoms with Gasteiger partial charge in [0.05, 0.1) is 6.10 Å². The minimum Gasteiger partial charge on any atom is -0.391 e. The molecule has 1 atom stereocenters. The van der Waals surface area contributed by atoms with E-state index < -0.39 is 0 Å². The molecule has 1 aliphatic heterocycles. The van der Waals surface area contributed by atoms with E-state index in [1.54, 1.807) is 4.90 Å². The van der Waals surface area contributed by atoms with Crippen molar-refractivity contribution in [2.24, 2.45) is 0 Å². The van der Waals surface area contributed by atoms with Crippen LogP contribution in [0, 0.1) is 0 Å². The maximum Gasteiger partial charge on any atom is 0.317 e. The molecule has 5 heteroatoms. The van der Waals surface area contributed by atoms with Crippen molar-refractivity contribution in [2.75, 3.05) is 19.6 Å². The number of hydrogen-bond donors (Lipinski definition) is 2. The highest BCUT2D eigenvalue weighted by Gasteiger charge is 2.44. The van der Waals surface area contributed by atoms with Crippen LogP contribution in [-0.4, -0.2) is 41.8 Å². The zero-order valence-electron chi connectivity index (χ0n) is 12.0. The topological polar surface area (TPSA) is 52.6 Å². The summed E-state index contributed by atoms with van der Waals surface area (Å²) in [5.74, 6) is 0. The summed E-state index contributed by atoms with van der Waals surface area (Å²) in [6, 6.07) is 7.84. The first-order valence-corrected chi connectivity index (χ1v) is 7.94. The minimum atomic E-state index is -0.379. The molecular weight excluding hydrogens is 288 g/mol. The number of hydrogen-bond acceptors (Lipinski definition) is 2. The number of halogens is 1. The lowest BCUT2D eigenvalue weighted by molar-refractivity contribution is 0.0841. The van der Waals surface area contributed by atoms with Crippen LogP contribution in [0.2, 0.25) is 5.02 Å². The lowest BCUT2D eigenvalue weighted by Gasteiger charge is -2.30. The van der Waals surface area contributed by atoms with Gasteiger partial charge in [-0.2, -0.15) is 0 Å². The Bertz CT molecular complexity index is 514. The van der Waals surface area contributed by atoms with E-state index in [1.165, 1.54) is 5.56 Å². The first-order chi connectivity index (χ1) is 10.1. The normalized spacial score (nSPS) is 23.7. The van der Waals surface area contributed by atoms with Crippen molar-refractivity contribution in [3.05, 3.63) is 34.9 Å². The van der Waals surface area contributed by atoms with Gasteiger partial charge in [-0.05, 0) is 43.4 Å². The number of amides is 2. The maximum atomic E-state index is 12.2. The third kappa shape index (κ3) is 3.33. The predicted octanol–water partition coefficient (Wildman–Crippen LogP) is 2.54. The van der Waals surface area contributed by atoms with E-state index in [1.807, 2.05) is 24.3 Å². The van der Waals surface area contributed by atoms with Crippen LogP contribution >= 0.6 is 11.6 Å². The Labute approximate surface area is 130 Å². The van der Waals surface area contributed by atoms with Gasteiger partial charge < -0.3 is 15.3 Å². The fourth-order valence-corrected chi connectivity index (χ4v) is 3.14. The Morgan fingerprint density at radius 1 is 1.38 bits per heavy atom. The third-order valence-electron chi connectivity index (χ3n) is 4.57. The van der Waals surface area contributed by atoms with Gasteiger partial charge in [0.25, 0.3) is 0 Å². The van der Waals surface area contributed by atoms with Crippen LogP contribution < -0.4 is 5.32 Å². The molecule has 1 aromatic carbocycles. The summed E-state index contributed by atoms with van der Waals surface area (Å²) in [6.07, 6.45) is 3.47.